The predicted molar refractivity (Wildman–Crippen MR) is 86.8 cm³/mol. The molecule has 0 bridgehead atoms. The van der Waals surface area contributed by atoms with Crippen molar-refractivity contribution >= 4 is 17.7 Å². The fourth-order valence-corrected chi connectivity index (χ4v) is 1.85. The lowest BCUT2D eigenvalue weighted by Gasteiger charge is -2.07. The fraction of sp³-hybridized carbons (Fsp3) is 0.562. The van der Waals surface area contributed by atoms with E-state index in [-0.39, 0.29) is 0 Å². The number of carboxylic acids is 1. The van der Waals surface area contributed by atoms with Gasteiger partial charge in [-0.2, -0.15) is 0 Å². The molecule has 1 unspecified atom stereocenters. The van der Waals surface area contributed by atoms with Gasteiger partial charge in [0.05, 0.1) is 6.26 Å². The van der Waals surface area contributed by atoms with E-state index in [1.54, 1.807) is 6.26 Å². The maximum Gasteiger partial charge on any atom is 0.355 e. The molecule has 114 valence electrons. The van der Waals surface area contributed by atoms with E-state index in [1.807, 2.05) is 12.2 Å². The second-order valence-corrected chi connectivity index (χ2v) is 5.22. The summed E-state index contributed by atoms with van der Waals surface area (Å²) in [5, 5.41) is 8.75. The Balaban J connectivity index is 3.58. The van der Waals surface area contributed by atoms with Crippen LogP contribution in [0.3, 0.4) is 0 Å². The average molecular weight is 298 g/mol. The SMILES string of the molecule is CCCCC/C=C\C/C=C\C/C=C\OC(SC)C(=O)O. The van der Waals surface area contributed by atoms with E-state index < -0.39 is 11.4 Å². The minimum Gasteiger partial charge on any atom is -0.478 e. The second-order valence-electron chi connectivity index (χ2n) is 4.32. The maximum absolute atomic E-state index is 10.7. The standard InChI is InChI=1S/C16H26O3S/c1-3-4-5-6-7-8-9-10-11-12-13-14-19-16(20-2)15(17)18/h7-8,10-11,13-14,16H,3-6,9,12H2,1-2H3,(H,17,18)/b8-7-,11-10-,14-13-. The number of hydrogen-bond acceptors (Lipinski definition) is 3. The van der Waals surface area contributed by atoms with Crippen molar-refractivity contribution in [2.24, 2.45) is 0 Å². The van der Waals surface area contributed by atoms with E-state index in [9.17, 15) is 4.79 Å². The van der Waals surface area contributed by atoms with Crippen molar-refractivity contribution in [2.75, 3.05) is 6.26 Å². The Kier molecular flexibility index (Phi) is 13.4. The second kappa shape index (κ2) is 14.3. The zero-order chi connectivity index (χ0) is 15.1. The van der Waals surface area contributed by atoms with Crippen molar-refractivity contribution in [3.63, 3.8) is 0 Å². The number of unbranched alkanes of at least 4 members (excludes halogenated alkanes) is 3. The smallest absolute Gasteiger partial charge is 0.355 e. The van der Waals surface area contributed by atoms with Gasteiger partial charge in [0.15, 0.2) is 0 Å². The van der Waals surface area contributed by atoms with Crippen LogP contribution in [0.15, 0.2) is 36.6 Å². The largest absolute Gasteiger partial charge is 0.478 e. The van der Waals surface area contributed by atoms with E-state index in [2.05, 4.69) is 25.2 Å². The summed E-state index contributed by atoms with van der Waals surface area (Å²) < 4.78 is 5.07. The minimum absolute atomic E-state index is 0.754. The van der Waals surface area contributed by atoms with E-state index >= 15 is 0 Å². The summed E-state index contributed by atoms with van der Waals surface area (Å²) in [7, 11) is 0. The summed E-state index contributed by atoms with van der Waals surface area (Å²) in [4.78, 5) is 10.7. The van der Waals surface area contributed by atoms with Gasteiger partial charge in [-0.25, -0.2) is 4.79 Å². The molecule has 0 aliphatic rings. The maximum atomic E-state index is 10.7. The molecule has 1 atom stereocenters. The topological polar surface area (TPSA) is 46.5 Å². The highest BCUT2D eigenvalue weighted by atomic mass is 32.2. The first kappa shape index (κ1) is 18.8. The van der Waals surface area contributed by atoms with E-state index in [1.165, 1.54) is 31.9 Å². The van der Waals surface area contributed by atoms with Crippen molar-refractivity contribution in [1.29, 1.82) is 0 Å². The summed E-state index contributed by atoms with van der Waals surface area (Å²) in [5.41, 5.74) is -0.818. The van der Waals surface area contributed by atoms with Crippen LogP contribution in [0, 0.1) is 0 Å². The number of allylic oxidation sites excluding steroid dienone is 5. The molecule has 0 heterocycles. The monoisotopic (exact) mass is 298 g/mol. The van der Waals surface area contributed by atoms with Crippen LogP contribution < -0.4 is 0 Å². The highest BCUT2D eigenvalue weighted by Gasteiger charge is 2.14. The Bertz CT molecular complexity index is 322. The number of hydrogen-bond donors (Lipinski definition) is 1. The van der Waals surface area contributed by atoms with Crippen LogP contribution in [-0.2, 0) is 9.53 Å². The van der Waals surface area contributed by atoms with Crippen LogP contribution in [0.4, 0.5) is 0 Å². The molecule has 4 heteroatoms. The van der Waals surface area contributed by atoms with Crippen LogP contribution in [0.5, 0.6) is 0 Å². The van der Waals surface area contributed by atoms with Crippen LogP contribution in [-0.4, -0.2) is 22.8 Å². The van der Waals surface area contributed by atoms with E-state index in [0.29, 0.717) is 0 Å². The van der Waals surface area contributed by atoms with Crippen LogP contribution in [0.25, 0.3) is 0 Å². The highest BCUT2D eigenvalue weighted by Crippen LogP contribution is 2.08. The fourth-order valence-electron chi connectivity index (χ4n) is 1.47. The molecule has 0 radical (unpaired) electrons. The molecular formula is C16H26O3S. The van der Waals surface area contributed by atoms with Gasteiger partial charge in [-0.05, 0) is 38.0 Å². The molecule has 1 N–H and O–H groups in total. The van der Waals surface area contributed by atoms with Gasteiger partial charge >= 0.3 is 5.97 Å². The first-order valence-corrected chi connectivity index (χ1v) is 8.37. The van der Waals surface area contributed by atoms with Crippen molar-refractivity contribution in [3.05, 3.63) is 36.6 Å². The van der Waals surface area contributed by atoms with Crippen molar-refractivity contribution in [2.45, 2.75) is 50.9 Å². The lowest BCUT2D eigenvalue weighted by Crippen LogP contribution is -2.16. The third kappa shape index (κ3) is 11.9. The number of ether oxygens (including phenoxy) is 1. The van der Waals surface area contributed by atoms with Crippen molar-refractivity contribution in [3.8, 4) is 0 Å². The molecule has 0 aromatic carbocycles. The Morgan fingerprint density at radius 2 is 1.80 bits per heavy atom. The van der Waals surface area contributed by atoms with Crippen molar-refractivity contribution < 1.29 is 14.6 Å². The van der Waals surface area contributed by atoms with E-state index in [4.69, 9.17) is 9.84 Å². The first-order chi connectivity index (χ1) is 9.72. The normalized spacial score (nSPS) is 13.5. The molecule has 0 fully saturated rings. The summed E-state index contributed by atoms with van der Waals surface area (Å²) >= 11 is 1.16. The lowest BCUT2D eigenvalue weighted by molar-refractivity contribution is -0.142. The Morgan fingerprint density at radius 1 is 1.15 bits per heavy atom. The summed E-state index contributed by atoms with van der Waals surface area (Å²) in [6.07, 6.45) is 20.3. The van der Waals surface area contributed by atoms with E-state index in [0.717, 1.165) is 24.6 Å². The zero-order valence-electron chi connectivity index (χ0n) is 12.5. The molecular weight excluding hydrogens is 272 g/mol. The number of aliphatic carboxylic acids is 1. The van der Waals surface area contributed by atoms with Gasteiger partial charge in [-0.3, -0.25) is 0 Å². The molecule has 0 aromatic heterocycles. The molecule has 0 spiro atoms. The van der Waals surface area contributed by atoms with Gasteiger partial charge in [0.2, 0.25) is 5.44 Å². The zero-order valence-corrected chi connectivity index (χ0v) is 13.3. The minimum atomic E-state index is -0.953. The van der Waals surface area contributed by atoms with Gasteiger partial charge < -0.3 is 9.84 Å². The molecule has 0 aliphatic heterocycles. The summed E-state index contributed by atoms with van der Waals surface area (Å²) in [6.45, 7) is 2.21. The first-order valence-electron chi connectivity index (χ1n) is 7.08. The quantitative estimate of drug-likeness (QED) is 0.244. The number of rotatable bonds is 12. The highest BCUT2D eigenvalue weighted by molar-refractivity contribution is 7.99. The third-order valence-electron chi connectivity index (χ3n) is 2.57. The Labute approximate surface area is 126 Å². The molecule has 0 rings (SSSR count). The van der Waals surface area contributed by atoms with Gasteiger partial charge in [-0.15, -0.1) is 11.8 Å². The van der Waals surface area contributed by atoms with Crippen LogP contribution in [0.1, 0.15) is 45.4 Å². The Hall–Kier alpha value is -1.16. The molecule has 0 saturated carbocycles. The van der Waals surface area contributed by atoms with Gasteiger partial charge in [0.25, 0.3) is 0 Å². The van der Waals surface area contributed by atoms with Crippen LogP contribution >= 0.6 is 11.8 Å². The van der Waals surface area contributed by atoms with Crippen molar-refractivity contribution in [1.82, 2.24) is 0 Å². The number of carboxylic acid groups (broad SMARTS) is 1. The molecule has 0 saturated heterocycles. The molecule has 3 nitrogen and oxygen atoms in total. The van der Waals surface area contributed by atoms with Gasteiger partial charge in [0, 0.05) is 0 Å². The van der Waals surface area contributed by atoms with Crippen LogP contribution in [0.2, 0.25) is 0 Å². The molecule has 20 heavy (non-hydrogen) atoms. The molecule has 0 aliphatic carbocycles. The number of thioether (sulfide) groups is 1. The predicted octanol–water partition coefficient (Wildman–Crippen LogP) is 4.76. The Morgan fingerprint density at radius 3 is 2.40 bits per heavy atom. The summed E-state index contributed by atoms with van der Waals surface area (Å²) in [6, 6.07) is 0. The van der Waals surface area contributed by atoms with Gasteiger partial charge in [-0.1, -0.05) is 44.1 Å². The lowest BCUT2D eigenvalue weighted by atomic mass is 10.2. The summed E-state index contributed by atoms with van der Waals surface area (Å²) in [5.74, 6) is -0.953. The van der Waals surface area contributed by atoms with Gasteiger partial charge in [0.1, 0.15) is 0 Å². The molecule has 0 amide bonds. The number of carbonyl (C=O) groups is 1. The molecule has 0 aromatic rings. The third-order valence-corrected chi connectivity index (χ3v) is 3.31. The average Bonchev–Trinajstić information content (AvgIpc) is 2.43.